The summed E-state index contributed by atoms with van der Waals surface area (Å²) in [4.78, 5) is 26.8. The van der Waals surface area contributed by atoms with E-state index in [1.54, 1.807) is 18.2 Å². The van der Waals surface area contributed by atoms with Crippen LogP contribution in [0.3, 0.4) is 0 Å². The van der Waals surface area contributed by atoms with Gasteiger partial charge in [-0.25, -0.2) is 28.2 Å². The second-order valence-electron chi connectivity index (χ2n) is 4.13. The first-order valence-electron chi connectivity index (χ1n) is 5.99. The molecule has 22 heavy (non-hydrogen) atoms. The number of hydrogen-bond acceptors (Lipinski definition) is 5. The van der Waals surface area contributed by atoms with Gasteiger partial charge < -0.3 is 10.5 Å². The number of carbonyl (C=O) groups excluding carboxylic acids is 1. The van der Waals surface area contributed by atoms with Crippen LogP contribution in [0.25, 0.3) is 5.82 Å². The van der Waals surface area contributed by atoms with Gasteiger partial charge in [-0.3, -0.25) is 0 Å². The molecule has 0 spiro atoms. The SMILES string of the molecule is NC(=O)OCC(=CF)Cn1ncn(-c2cccc(Br)n2)c1=O. The summed E-state index contributed by atoms with van der Waals surface area (Å²) in [5.74, 6) is 0.366. The monoisotopic (exact) mass is 371 g/mol. The van der Waals surface area contributed by atoms with Crippen LogP contribution in [0.15, 0.2) is 45.8 Å². The van der Waals surface area contributed by atoms with Crippen molar-refractivity contribution < 1.29 is 13.9 Å². The lowest BCUT2D eigenvalue weighted by atomic mass is 10.3. The zero-order valence-corrected chi connectivity index (χ0v) is 12.7. The van der Waals surface area contributed by atoms with Gasteiger partial charge in [0.05, 0.1) is 12.9 Å². The highest BCUT2D eigenvalue weighted by Gasteiger charge is 2.11. The molecule has 8 nitrogen and oxygen atoms in total. The van der Waals surface area contributed by atoms with E-state index in [0.717, 1.165) is 4.68 Å². The lowest BCUT2D eigenvalue weighted by Crippen LogP contribution is -2.26. The van der Waals surface area contributed by atoms with Crippen LogP contribution in [0.5, 0.6) is 0 Å². The summed E-state index contributed by atoms with van der Waals surface area (Å²) in [5.41, 5.74) is 4.33. The van der Waals surface area contributed by atoms with Crippen LogP contribution >= 0.6 is 15.9 Å². The Kier molecular flexibility index (Phi) is 5.04. The Morgan fingerprint density at radius 2 is 2.27 bits per heavy atom. The number of rotatable bonds is 5. The Morgan fingerprint density at radius 1 is 1.50 bits per heavy atom. The van der Waals surface area contributed by atoms with Crippen LogP contribution in [0, 0.1) is 0 Å². The summed E-state index contributed by atoms with van der Waals surface area (Å²) in [5, 5.41) is 3.87. The van der Waals surface area contributed by atoms with Crippen molar-refractivity contribution in [2.45, 2.75) is 6.54 Å². The van der Waals surface area contributed by atoms with E-state index >= 15 is 0 Å². The number of pyridine rings is 1. The fourth-order valence-corrected chi connectivity index (χ4v) is 1.94. The Bertz CT molecular complexity index is 770. The summed E-state index contributed by atoms with van der Waals surface area (Å²) in [7, 11) is 0. The smallest absolute Gasteiger partial charge is 0.404 e. The molecule has 2 N–H and O–H groups in total. The number of nitrogens with two attached hydrogens (primary N) is 1. The molecule has 0 unspecified atom stereocenters. The molecule has 0 bridgehead atoms. The molecule has 0 fully saturated rings. The van der Waals surface area contributed by atoms with Crippen molar-refractivity contribution in [2.75, 3.05) is 6.61 Å². The van der Waals surface area contributed by atoms with Crippen LogP contribution in [-0.2, 0) is 11.3 Å². The topological polar surface area (TPSA) is 105 Å². The second kappa shape index (κ2) is 6.98. The molecule has 0 aromatic carbocycles. The maximum atomic E-state index is 12.7. The van der Waals surface area contributed by atoms with E-state index in [-0.39, 0.29) is 25.1 Å². The predicted molar refractivity (Wildman–Crippen MR) is 78.0 cm³/mol. The van der Waals surface area contributed by atoms with Gasteiger partial charge in [0.2, 0.25) is 0 Å². The highest BCUT2D eigenvalue weighted by atomic mass is 79.9. The summed E-state index contributed by atoms with van der Waals surface area (Å²) >= 11 is 3.20. The minimum atomic E-state index is -1.03. The van der Waals surface area contributed by atoms with Gasteiger partial charge in [-0.2, -0.15) is 5.10 Å². The van der Waals surface area contributed by atoms with E-state index in [0.29, 0.717) is 10.4 Å². The van der Waals surface area contributed by atoms with Gasteiger partial charge in [0.15, 0.2) is 0 Å². The third kappa shape index (κ3) is 3.79. The molecule has 116 valence electrons. The average molecular weight is 372 g/mol. The maximum absolute atomic E-state index is 12.7. The molecule has 2 aromatic rings. The lowest BCUT2D eigenvalue weighted by Gasteiger charge is -2.05. The Labute approximate surface area is 132 Å². The van der Waals surface area contributed by atoms with Crippen LogP contribution in [0.2, 0.25) is 0 Å². The minimum Gasteiger partial charge on any atom is -0.445 e. The molecule has 0 saturated heterocycles. The molecular formula is C12H11BrFN5O3. The first-order chi connectivity index (χ1) is 10.5. The van der Waals surface area contributed by atoms with Crippen molar-refractivity contribution in [3.05, 3.63) is 51.5 Å². The maximum Gasteiger partial charge on any atom is 0.404 e. The summed E-state index contributed by atoms with van der Waals surface area (Å²) in [6.45, 7) is -0.538. The zero-order chi connectivity index (χ0) is 16.1. The Balaban J connectivity index is 2.21. The van der Waals surface area contributed by atoms with Crippen LogP contribution < -0.4 is 11.4 Å². The van der Waals surface area contributed by atoms with Crippen LogP contribution in [-0.4, -0.2) is 32.0 Å². The zero-order valence-electron chi connectivity index (χ0n) is 11.1. The average Bonchev–Trinajstić information content (AvgIpc) is 2.84. The number of hydrogen-bond donors (Lipinski definition) is 1. The highest BCUT2D eigenvalue weighted by Crippen LogP contribution is 2.08. The van der Waals surface area contributed by atoms with E-state index in [2.05, 4.69) is 30.7 Å². The van der Waals surface area contributed by atoms with Gasteiger partial charge in [-0.05, 0) is 28.1 Å². The van der Waals surface area contributed by atoms with Crippen molar-refractivity contribution in [2.24, 2.45) is 5.73 Å². The standard InChI is InChI=1S/C12H11BrFN5O3/c13-9-2-1-3-10(17-9)18-7-16-19(12(18)21)5-8(4-14)6-22-11(15)20/h1-4,7H,5-6H2,(H2,15,20). The molecule has 2 rings (SSSR count). The van der Waals surface area contributed by atoms with E-state index in [1.165, 1.54) is 10.9 Å². The first kappa shape index (κ1) is 15.9. The van der Waals surface area contributed by atoms with E-state index in [9.17, 15) is 14.0 Å². The van der Waals surface area contributed by atoms with Gasteiger partial charge in [0.25, 0.3) is 0 Å². The summed E-state index contributed by atoms with van der Waals surface area (Å²) in [6.07, 6.45) is 0.476. The van der Waals surface area contributed by atoms with Gasteiger partial charge in [-0.1, -0.05) is 6.07 Å². The quantitative estimate of drug-likeness (QED) is 0.793. The molecular weight excluding hydrogens is 361 g/mol. The fourth-order valence-electron chi connectivity index (χ4n) is 1.60. The number of halogens is 2. The number of nitrogens with zero attached hydrogens (tertiary/aromatic N) is 4. The van der Waals surface area contributed by atoms with Crippen molar-refractivity contribution >= 4 is 22.0 Å². The van der Waals surface area contributed by atoms with Crippen molar-refractivity contribution in [3.63, 3.8) is 0 Å². The molecule has 2 aromatic heterocycles. The van der Waals surface area contributed by atoms with E-state index in [4.69, 9.17) is 5.73 Å². The van der Waals surface area contributed by atoms with Crippen LogP contribution in [0.1, 0.15) is 0 Å². The molecule has 1 amide bonds. The molecule has 0 atom stereocenters. The van der Waals surface area contributed by atoms with Gasteiger partial charge in [0.1, 0.15) is 23.4 Å². The fraction of sp³-hybridized carbons (Fsp3) is 0.167. The number of amides is 1. The number of aromatic nitrogens is 4. The summed E-state index contributed by atoms with van der Waals surface area (Å²) in [6, 6.07) is 5.05. The first-order valence-corrected chi connectivity index (χ1v) is 6.78. The molecule has 0 aliphatic carbocycles. The molecule has 0 aliphatic rings. The minimum absolute atomic E-state index is 0.0355. The van der Waals surface area contributed by atoms with Gasteiger partial charge in [-0.15, -0.1) is 0 Å². The lowest BCUT2D eigenvalue weighted by molar-refractivity contribution is 0.164. The van der Waals surface area contributed by atoms with Gasteiger partial charge in [0, 0.05) is 5.57 Å². The third-order valence-electron chi connectivity index (χ3n) is 2.59. The molecule has 0 aliphatic heterocycles. The molecule has 0 radical (unpaired) electrons. The highest BCUT2D eigenvalue weighted by molar-refractivity contribution is 9.10. The molecule has 2 heterocycles. The number of ether oxygens (including phenoxy) is 1. The molecule has 0 saturated carbocycles. The van der Waals surface area contributed by atoms with Gasteiger partial charge >= 0.3 is 11.8 Å². The Hall–Kier alpha value is -2.49. The summed E-state index contributed by atoms with van der Waals surface area (Å²) < 4.78 is 20.0. The Morgan fingerprint density at radius 3 is 2.91 bits per heavy atom. The number of primary amides is 1. The second-order valence-corrected chi connectivity index (χ2v) is 4.95. The van der Waals surface area contributed by atoms with E-state index in [1.807, 2.05) is 0 Å². The normalized spacial score (nSPS) is 11.5. The largest absolute Gasteiger partial charge is 0.445 e. The van der Waals surface area contributed by atoms with Crippen molar-refractivity contribution in [1.82, 2.24) is 19.3 Å². The van der Waals surface area contributed by atoms with Crippen LogP contribution in [0.4, 0.5) is 9.18 Å². The number of carbonyl (C=O) groups is 1. The van der Waals surface area contributed by atoms with Crippen molar-refractivity contribution in [1.29, 1.82) is 0 Å². The third-order valence-corrected chi connectivity index (χ3v) is 3.03. The van der Waals surface area contributed by atoms with E-state index < -0.39 is 11.8 Å². The molecule has 10 heteroatoms. The van der Waals surface area contributed by atoms with Crippen molar-refractivity contribution in [3.8, 4) is 5.82 Å². The predicted octanol–water partition coefficient (Wildman–Crippen LogP) is 1.14.